The predicted octanol–water partition coefficient (Wildman–Crippen LogP) is 2.26. The zero-order valence-corrected chi connectivity index (χ0v) is 15.3. The van der Waals surface area contributed by atoms with Crippen molar-refractivity contribution in [2.24, 2.45) is 0 Å². The first-order valence-corrected chi connectivity index (χ1v) is 10.4. The summed E-state index contributed by atoms with van der Waals surface area (Å²) in [7, 11) is -3.29. The van der Waals surface area contributed by atoms with Gasteiger partial charge < -0.3 is 10.1 Å². The lowest BCUT2D eigenvalue weighted by molar-refractivity contribution is 0.0924. The van der Waals surface area contributed by atoms with Crippen LogP contribution in [0.2, 0.25) is 0 Å². The standard InChI is InChI=1S/C19H20N2O4S/c1-26(23,24)21-10-8-13-12-14(6-7-17(13)21)19(22)20-16-9-11-25-18-5-3-2-4-15(16)18/h2-7,12,16H,8-11H2,1H3,(H,20,22)/t16-/m1/s1. The van der Waals surface area contributed by atoms with Gasteiger partial charge in [0.2, 0.25) is 10.0 Å². The van der Waals surface area contributed by atoms with Gasteiger partial charge in [0.05, 0.1) is 24.6 Å². The minimum absolute atomic E-state index is 0.0896. The number of carbonyl (C=O) groups excluding carboxylic acids is 1. The van der Waals surface area contributed by atoms with Crippen LogP contribution in [0.15, 0.2) is 42.5 Å². The van der Waals surface area contributed by atoms with Crippen LogP contribution in [-0.4, -0.2) is 33.7 Å². The molecule has 0 radical (unpaired) electrons. The van der Waals surface area contributed by atoms with Crippen molar-refractivity contribution in [3.63, 3.8) is 0 Å². The molecular formula is C19H20N2O4S. The summed E-state index contributed by atoms with van der Waals surface area (Å²) in [6.45, 7) is 0.988. The Morgan fingerprint density at radius 1 is 1.23 bits per heavy atom. The second kappa shape index (κ2) is 6.32. The van der Waals surface area contributed by atoms with Crippen LogP contribution in [0.25, 0.3) is 0 Å². The van der Waals surface area contributed by atoms with Crippen molar-refractivity contribution in [2.75, 3.05) is 23.7 Å². The van der Waals surface area contributed by atoms with Crippen LogP contribution in [0.4, 0.5) is 5.69 Å². The minimum Gasteiger partial charge on any atom is -0.493 e. The Hall–Kier alpha value is -2.54. The molecule has 4 rings (SSSR count). The molecule has 26 heavy (non-hydrogen) atoms. The molecule has 2 aromatic carbocycles. The highest BCUT2D eigenvalue weighted by atomic mass is 32.2. The Morgan fingerprint density at radius 2 is 2.04 bits per heavy atom. The summed E-state index contributed by atoms with van der Waals surface area (Å²) in [5, 5.41) is 3.07. The molecule has 2 aromatic rings. The zero-order valence-electron chi connectivity index (χ0n) is 14.4. The van der Waals surface area contributed by atoms with Gasteiger partial charge in [0.1, 0.15) is 5.75 Å². The number of benzene rings is 2. The van der Waals surface area contributed by atoms with Crippen LogP contribution < -0.4 is 14.4 Å². The molecule has 2 heterocycles. The lowest BCUT2D eigenvalue weighted by Gasteiger charge is -2.26. The van der Waals surface area contributed by atoms with E-state index in [4.69, 9.17) is 4.74 Å². The summed E-state index contributed by atoms with van der Waals surface area (Å²) in [5.41, 5.74) is 3.08. The van der Waals surface area contributed by atoms with Gasteiger partial charge in [-0.3, -0.25) is 9.10 Å². The van der Waals surface area contributed by atoms with Crippen LogP contribution in [0.5, 0.6) is 5.75 Å². The number of amides is 1. The highest BCUT2D eigenvalue weighted by molar-refractivity contribution is 7.92. The molecule has 1 atom stereocenters. The topological polar surface area (TPSA) is 75.7 Å². The number of ether oxygens (including phenoxy) is 1. The van der Waals surface area contributed by atoms with Crippen LogP contribution in [-0.2, 0) is 16.4 Å². The lowest BCUT2D eigenvalue weighted by Crippen LogP contribution is -2.32. The highest BCUT2D eigenvalue weighted by Gasteiger charge is 2.28. The van der Waals surface area contributed by atoms with Crippen molar-refractivity contribution in [3.05, 3.63) is 59.2 Å². The Morgan fingerprint density at radius 3 is 2.85 bits per heavy atom. The number of sulfonamides is 1. The first-order valence-electron chi connectivity index (χ1n) is 8.57. The molecule has 0 spiro atoms. The second-order valence-corrected chi connectivity index (χ2v) is 8.54. The summed E-state index contributed by atoms with van der Waals surface area (Å²) in [6.07, 6.45) is 2.53. The number of hydrogen-bond acceptors (Lipinski definition) is 4. The second-order valence-electron chi connectivity index (χ2n) is 6.63. The van der Waals surface area contributed by atoms with Gasteiger partial charge in [0, 0.05) is 24.1 Å². The number of nitrogens with zero attached hydrogens (tertiary/aromatic N) is 1. The fourth-order valence-corrected chi connectivity index (χ4v) is 4.55. The molecule has 2 aliphatic rings. The molecule has 1 amide bonds. The van der Waals surface area contributed by atoms with Gasteiger partial charge in [-0.25, -0.2) is 8.42 Å². The number of nitrogens with one attached hydrogen (secondary N) is 1. The van der Waals surface area contributed by atoms with Gasteiger partial charge in [-0.05, 0) is 36.2 Å². The monoisotopic (exact) mass is 372 g/mol. The third-order valence-electron chi connectivity index (χ3n) is 4.86. The van der Waals surface area contributed by atoms with Crippen LogP contribution in [0.3, 0.4) is 0 Å². The first kappa shape index (κ1) is 16.9. The molecule has 136 valence electrons. The van der Waals surface area contributed by atoms with Gasteiger partial charge >= 0.3 is 0 Å². The number of para-hydroxylation sites is 1. The highest BCUT2D eigenvalue weighted by Crippen LogP contribution is 2.33. The molecule has 0 saturated heterocycles. The zero-order chi connectivity index (χ0) is 18.3. The molecule has 0 aromatic heterocycles. The predicted molar refractivity (Wildman–Crippen MR) is 99.1 cm³/mol. The van der Waals surface area contributed by atoms with Crippen molar-refractivity contribution < 1.29 is 17.9 Å². The quantitative estimate of drug-likeness (QED) is 0.897. The van der Waals surface area contributed by atoms with E-state index in [1.807, 2.05) is 24.3 Å². The van der Waals surface area contributed by atoms with Crippen LogP contribution >= 0.6 is 0 Å². The van der Waals surface area contributed by atoms with Gasteiger partial charge in [-0.1, -0.05) is 18.2 Å². The Kier molecular flexibility index (Phi) is 4.11. The van der Waals surface area contributed by atoms with E-state index in [0.717, 1.165) is 23.3 Å². The first-order chi connectivity index (χ1) is 12.4. The molecule has 1 N–H and O–H groups in total. The van der Waals surface area contributed by atoms with E-state index < -0.39 is 10.0 Å². The number of fused-ring (bicyclic) bond motifs is 2. The van der Waals surface area contributed by atoms with E-state index in [0.29, 0.717) is 30.8 Å². The van der Waals surface area contributed by atoms with Gasteiger partial charge in [-0.15, -0.1) is 0 Å². The fourth-order valence-electron chi connectivity index (χ4n) is 3.59. The van der Waals surface area contributed by atoms with E-state index in [2.05, 4.69) is 5.32 Å². The molecule has 0 fully saturated rings. The van der Waals surface area contributed by atoms with Crippen molar-refractivity contribution in [3.8, 4) is 5.75 Å². The summed E-state index contributed by atoms with van der Waals surface area (Å²) in [5.74, 6) is 0.647. The van der Waals surface area contributed by atoms with E-state index in [-0.39, 0.29) is 11.9 Å². The average Bonchev–Trinajstić information content (AvgIpc) is 3.05. The molecule has 2 aliphatic heterocycles. The van der Waals surface area contributed by atoms with E-state index in [9.17, 15) is 13.2 Å². The van der Waals surface area contributed by atoms with Gasteiger partial charge in [0.15, 0.2) is 0 Å². The third kappa shape index (κ3) is 3.03. The maximum atomic E-state index is 12.7. The van der Waals surface area contributed by atoms with Gasteiger partial charge in [-0.2, -0.15) is 0 Å². The molecule has 0 aliphatic carbocycles. The molecule has 6 nitrogen and oxygen atoms in total. The Balaban J connectivity index is 1.56. The van der Waals surface area contributed by atoms with Crippen LogP contribution in [0, 0.1) is 0 Å². The Labute approximate surface area is 152 Å². The summed E-state index contributed by atoms with van der Waals surface area (Å²) in [6, 6.07) is 12.8. The normalized spacial score (nSPS) is 18.7. The molecule has 7 heteroatoms. The van der Waals surface area contributed by atoms with Crippen molar-refractivity contribution >= 4 is 21.6 Å². The summed E-state index contributed by atoms with van der Waals surface area (Å²) >= 11 is 0. The molecule has 0 unspecified atom stereocenters. The largest absolute Gasteiger partial charge is 0.493 e. The molecule has 0 bridgehead atoms. The van der Waals surface area contributed by atoms with E-state index in [1.165, 1.54) is 10.6 Å². The summed E-state index contributed by atoms with van der Waals surface area (Å²) < 4.78 is 30.7. The number of hydrogen-bond donors (Lipinski definition) is 1. The van der Waals surface area contributed by atoms with Crippen molar-refractivity contribution in [1.82, 2.24) is 5.32 Å². The fraction of sp³-hybridized carbons (Fsp3) is 0.316. The SMILES string of the molecule is CS(=O)(=O)N1CCc2cc(C(=O)N[C@@H]3CCOc4ccccc43)ccc21. The van der Waals surface area contributed by atoms with Gasteiger partial charge in [0.25, 0.3) is 5.91 Å². The minimum atomic E-state index is -3.29. The number of carbonyl (C=O) groups is 1. The lowest BCUT2D eigenvalue weighted by atomic mass is 10.00. The van der Waals surface area contributed by atoms with Crippen molar-refractivity contribution in [2.45, 2.75) is 18.9 Å². The molecule has 0 saturated carbocycles. The smallest absolute Gasteiger partial charge is 0.251 e. The Bertz CT molecular complexity index is 971. The average molecular weight is 372 g/mol. The maximum Gasteiger partial charge on any atom is 0.251 e. The summed E-state index contributed by atoms with van der Waals surface area (Å²) in [4.78, 5) is 12.7. The third-order valence-corrected chi connectivity index (χ3v) is 6.04. The molecular weight excluding hydrogens is 352 g/mol. The maximum absolute atomic E-state index is 12.7. The van der Waals surface area contributed by atoms with E-state index in [1.54, 1.807) is 18.2 Å². The number of rotatable bonds is 3. The van der Waals surface area contributed by atoms with E-state index >= 15 is 0 Å². The number of anilines is 1. The van der Waals surface area contributed by atoms with Crippen molar-refractivity contribution in [1.29, 1.82) is 0 Å². The van der Waals surface area contributed by atoms with Crippen LogP contribution in [0.1, 0.15) is 33.9 Å².